The van der Waals surface area contributed by atoms with Gasteiger partial charge in [0.05, 0.1) is 18.2 Å². The summed E-state index contributed by atoms with van der Waals surface area (Å²) < 4.78 is 4.91. The summed E-state index contributed by atoms with van der Waals surface area (Å²) in [5, 5.41) is 6.06. The molecule has 1 fully saturated rings. The van der Waals surface area contributed by atoms with Crippen molar-refractivity contribution >= 4 is 17.6 Å². The van der Waals surface area contributed by atoms with Gasteiger partial charge < -0.3 is 15.4 Å². The zero-order valence-corrected chi connectivity index (χ0v) is 11.6. The van der Waals surface area contributed by atoms with E-state index in [4.69, 9.17) is 4.74 Å². The molecule has 0 radical (unpaired) electrons. The molecule has 1 amide bonds. The van der Waals surface area contributed by atoms with E-state index in [1.54, 1.807) is 31.2 Å². The molecule has 5 heteroatoms. The van der Waals surface area contributed by atoms with Crippen LogP contribution in [0.2, 0.25) is 0 Å². The smallest absolute Gasteiger partial charge is 0.338 e. The fourth-order valence-electron chi connectivity index (χ4n) is 2.21. The van der Waals surface area contributed by atoms with Gasteiger partial charge >= 0.3 is 5.97 Å². The number of ether oxygens (including phenoxy) is 1. The molecule has 0 aromatic heterocycles. The lowest BCUT2D eigenvalue weighted by Crippen LogP contribution is -2.43. The van der Waals surface area contributed by atoms with Crippen molar-refractivity contribution in [3.63, 3.8) is 0 Å². The molecule has 2 rings (SSSR count). The van der Waals surface area contributed by atoms with Crippen molar-refractivity contribution in [2.24, 2.45) is 0 Å². The number of rotatable bonds is 4. The first kappa shape index (κ1) is 14.5. The summed E-state index contributed by atoms with van der Waals surface area (Å²) in [5.74, 6) is -0.368. The number of carbonyl (C=O) groups is 2. The molecule has 0 aliphatic carbocycles. The van der Waals surface area contributed by atoms with E-state index in [1.165, 1.54) is 0 Å². The Morgan fingerprint density at radius 2 is 2.05 bits per heavy atom. The molecule has 0 saturated carbocycles. The zero-order chi connectivity index (χ0) is 14.4. The van der Waals surface area contributed by atoms with Crippen LogP contribution in [0, 0.1) is 0 Å². The lowest BCUT2D eigenvalue weighted by Gasteiger charge is -2.22. The van der Waals surface area contributed by atoms with E-state index in [-0.39, 0.29) is 17.9 Å². The van der Waals surface area contributed by atoms with Crippen LogP contribution in [0.1, 0.15) is 36.5 Å². The van der Waals surface area contributed by atoms with Crippen LogP contribution in [-0.2, 0) is 9.53 Å². The van der Waals surface area contributed by atoms with Gasteiger partial charge in [-0.05, 0) is 50.6 Å². The second kappa shape index (κ2) is 7.05. The molecule has 1 heterocycles. The fourth-order valence-corrected chi connectivity index (χ4v) is 2.21. The van der Waals surface area contributed by atoms with E-state index in [0.29, 0.717) is 17.9 Å². The predicted octanol–water partition coefficient (Wildman–Crippen LogP) is 1.94. The molecule has 0 bridgehead atoms. The summed E-state index contributed by atoms with van der Waals surface area (Å²) in [6, 6.07) is 6.62. The first-order chi connectivity index (χ1) is 9.70. The Morgan fingerprint density at radius 3 is 2.65 bits per heavy atom. The lowest BCUT2D eigenvalue weighted by atomic mass is 10.0. The second-order valence-electron chi connectivity index (χ2n) is 4.79. The standard InChI is InChI=1S/C15H20N2O3/c1-2-20-15(19)11-6-8-12(9-7-11)17-14(18)13-5-3-4-10-16-13/h6-9,13,16H,2-5,10H2,1H3,(H,17,18)/t13-/m1/s1. The molecule has 0 spiro atoms. The highest BCUT2D eigenvalue weighted by atomic mass is 16.5. The van der Waals surface area contributed by atoms with Gasteiger partial charge in [0.25, 0.3) is 0 Å². The van der Waals surface area contributed by atoms with Gasteiger partial charge in [0.1, 0.15) is 0 Å². The van der Waals surface area contributed by atoms with Crippen molar-refractivity contribution in [2.45, 2.75) is 32.2 Å². The molecule has 1 saturated heterocycles. The monoisotopic (exact) mass is 276 g/mol. The molecule has 2 N–H and O–H groups in total. The fraction of sp³-hybridized carbons (Fsp3) is 0.467. The molecule has 20 heavy (non-hydrogen) atoms. The number of benzene rings is 1. The normalized spacial score (nSPS) is 18.4. The number of nitrogens with one attached hydrogen (secondary N) is 2. The van der Waals surface area contributed by atoms with Gasteiger partial charge in [0, 0.05) is 5.69 Å². The highest BCUT2D eigenvalue weighted by Gasteiger charge is 2.20. The number of esters is 1. The Hall–Kier alpha value is -1.88. The highest BCUT2D eigenvalue weighted by molar-refractivity contribution is 5.95. The van der Waals surface area contributed by atoms with Gasteiger partial charge in [-0.25, -0.2) is 4.79 Å². The third-order valence-corrected chi connectivity index (χ3v) is 3.29. The summed E-state index contributed by atoms with van der Waals surface area (Å²) in [4.78, 5) is 23.5. The average molecular weight is 276 g/mol. The van der Waals surface area contributed by atoms with Crippen molar-refractivity contribution < 1.29 is 14.3 Å². The van der Waals surface area contributed by atoms with Crippen LogP contribution in [0.3, 0.4) is 0 Å². The largest absolute Gasteiger partial charge is 0.462 e. The van der Waals surface area contributed by atoms with Gasteiger partial charge in [-0.15, -0.1) is 0 Å². The number of piperidine rings is 1. The second-order valence-corrected chi connectivity index (χ2v) is 4.79. The molecule has 1 aromatic rings. The molecule has 5 nitrogen and oxygen atoms in total. The van der Waals surface area contributed by atoms with Crippen molar-refractivity contribution in [2.75, 3.05) is 18.5 Å². The summed E-state index contributed by atoms with van der Waals surface area (Å²) in [6.45, 7) is 3.01. The van der Waals surface area contributed by atoms with Crippen molar-refractivity contribution in [1.29, 1.82) is 0 Å². The first-order valence-electron chi connectivity index (χ1n) is 7.02. The lowest BCUT2D eigenvalue weighted by molar-refractivity contribution is -0.118. The number of carbonyl (C=O) groups excluding carboxylic acids is 2. The topological polar surface area (TPSA) is 67.4 Å². The van der Waals surface area contributed by atoms with Gasteiger partial charge in [0.2, 0.25) is 5.91 Å². The maximum atomic E-state index is 12.0. The molecule has 1 aromatic carbocycles. The van der Waals surface area contributed by atoms with E-state index in [1.807, 2.05) is 0 Å². The van der Waals surface area contributed by atoms with E-state index < -0.39 is 0 Å². The van der Waals surface area contributed by atoms with E-state index >= 15 is 0 Å². The summed E-state index contributed by atoms with van der Waals surface area (Å²) in [5.41, 5.74) is 1.18. The highest BCUT2D eigenvalue weighted by Crippen LogP contribution is 2.13. The first-order valence-corrected chi connectivity index (χ1v) is 7.02. The predicted molar refractivity (Wildman–Crippen MR) is 76.7 cm³/mol. The third kappa shape index (κ3) is 3.81. The molecule has 1 aliphatic heterocycles. The quantitative estimate of drug-likeness (QED) is 0.825. The van der Waals surface area contributed by atoms with Gasteiger partial charge in [-0.2, -0.15) is 0 Å². The summed E-state index contributed by atoms with van der Waals surface area (Å²) >= 11 is 0. The minimum atomic E-state index is -0.348. The van der Waals surface area contributed by atoms with Gasteiger partial charge in [-0.1, -0.05) is 6.42 Å². The number of hydrogen-bond donors (Lipinski definition) is 2. The van der Waals surface area contributed by atoms with Crippen molar-refractivity contribution in [1.82, 2.24) is 5.32 Å². The van der Waals surface area contributed by atoms with E-state index in [2.05, 4.69) is 10.6 Å². The molecule has 1 atom stereocenters. The van der Waals surface area contributed by atoms with Crippen LogP contribution in [0.15, 0.2) is 24.3 Å². The molecule has 1 aliphatic rings. The summed E-state index contributed by atoms with van der Waals surface area (Å²) in [7, 11) is 0. The Labute approximate surface area is 118 Å². The maximum absolute atomic E-state index is 12.0. The number of hydrogen-bond acceptors (Lipinski definition) is 4. The molecular formula is C15H20N2O3. The van der Waals surface area contributed by atoms with Crippen LogP contribution < -0.4 is 10.6 Å². The zero-order valence-electron chi connectivity index (χ0n) is 11.6. The van der Waals surface area contributed by atoms with Crippen LogP contribution in [-0.4, -0.2) is 31.1 Å². The Morgan fingerprint density at radius 1 is 1.30 bits per heavy atom. The number of amides is 1. The number of anilines is 1. The van der Waals surface area contributed by atoms with Gasteiger partial charge in [0.15, 0.2) is 0 Å². The van der Waals surface area contributed by atoms with E-state index in [0.717, 1.165) is 25.8 Å². The maximum Gasteiger partial charge on any atom is 0.338 e. The Bertz CT molecular complexity index is 465. The minimum Gasteiger partial charge on any atom is -0.462 e. The van der Waals surface area contributed by atoms with Crippen LogP contribution in [0.5, 0.6) is 0 Å². The Balaban J connectivity index is 1.92. The average Bonchev–Trinajstić information content (AvgIpc) is 2.49. The molecule has 0 unspecified atom stereocenters. The van der Waals surface area contributed by atoms with E-state index in [9.17, 15) is 9.59 Å². The Kier molecular flexibility index (Phi) is 5.12. The molecular weight excluding hydrogens is 256 g/mol. The van der Waals surface area contributed by atoms with Crippen molar-refractivity contribution in [3.8, 4) is 0 Å². The van der Waals surface area contributed by atoms with Crippen LogP contribution in [0.4, 0.5) is 5.69 Å². The van der Waals surface area contributed by atoms with Crippen molar-refractivity contribution in [3.05, 3.63) is 29.8 Å². The van der Waals surface area contributed by atoms with Gasteiger partial charge in [-0.3, -0.25) is 4.79 Å². The molecule has 108 valence electrons. The minimum absolute atomic E-state index is 0.0198. The SMILES string of the molecule is CCOC(=O)c1ccc(NC(=O)[C@H]2CCCCN2)cc1. The summed E-state index contributed by atoms with van der Waals surface area (Å²) in [6.07, 6.45) is 3.07. The van der Waals surface area contributed by atoms with Crippen LogP contribution >= 0.6 is 0 Å². The third-order valence-electron chi connectivity index (χ3n) is 3.29. The van der Waals surface area contributed by atoms with Crippen LogP contribution in [0.25, 0.3) is 0 Å².